The molecule has 4 aromatic rings. The van der Waals surface area contributed by atoms with Gasteiger partial charge in [0.25, 0.3) is 5.91 Å². The molecule has 0 spiro atoms. The van der Waals surface area contributed by atoms with Gasteiger partial charge in [0.05, 0.1) is 0 Å². The normalized spacial score (nSPS) is 10.6. The number of rotatable bonds is 4. The van der Waals surface area contributed by atoms with Gasteiger partial charge in [0.15, 0.2) is 5.82 Å². The average Bonchev–Trinajstić information content (AvgIpc) is 3.36. The summed E-state index contributed by atoms with van der Waals surface area (Å²) < 4.78 is 3.58. The number of carbonyl (C=O) groups excluding carboxylic acids is 1. The summed E-state index contributed by atoms with van der Waals surface area (Å²) in [6, 6.07) is 14.7. The molecule has 0 saturated carbocycles. The second kappa shape index (κ2) is 6.40. The standard InChI is InChI=1S/C18H14N6O/c25-18(14-4-6-15(7-5-14)23-9-1-2-10-23)22-16-12-17(20-13-19-16)24-11-3-8-21-24/h1-13H,(H,19,20,22,25). The summed E-state index contributed by atoms with van der Waals surface area (Å²) in [6.45, 7) is 0. The summed E-state index contributed by atoms with van der Waals surface area (Å²) in [7, 11) is 0. The highest BCUT2D eigenvalue weighted by Crippen LogP contribution is 2.13. The second-order valence-electron chi connectivity index (χ2n) is 5.30. The summed E-state index contributed by atoms with van der Waals surface area (Å²) in [6.07, 6.45) is 8.72. The van der Waals surface area contributed by atoms with Crippen LogP contribution in [0.15, 0.2) is 79.6 Å². The van der Waals surface area contributed by atoms with E-state index in [1.807, 2.05) is 41.2 Å². The minimum Gasteiger partial charge on any atom is -0.324 e. The van der Waals surface area contributed by atoms with Gasteiger partial charge in [0.2, 0.25) is 0 Å². The van der Waals surface area contributed by atoms with E-state index < -0.39 is 0 Å². The van der Waals surface area contributed by atoms with Crippen molar-refractivity contribution in [3.63, 3.8) is 0 Å². The number of hydrogen-bond donors (Lipinski definition) is 1. The maximum Gasteiger partial charge on any atom is 0.256 e. The Hall–Kier alpha value is -3.74. The van der Waals surface area contributed by atoms with Gasteiger partial charge < -0.3 is 9.88 Å². The predicted molar refractivity (Wildman–Crippen MR) is 92.9 cm³/mol. The number of nitrogens with one attached hydrogen (secondary N) is 1. The number of anilines is 1. The summed E-state index contributed by atoms with van der Waals surface area (Å²) in [4.78, 5) is 20.6. The molecule has 3 aromatic heterocycles. The van der Waals surface area contributed by atoms with Crippen LogP contribution >= 0.6 is 0 Å². The first-order valence-corrected chi connectivity index (χ1v) is 7.66. The van der Waals surface area contributed by atoms with E-state index in [1.165, 1.54) is 6.33 Å². The first-order valence-electron chi connectivity index (χ1n) is 7.66. The summed E-state index contributed by atoms with van der Waals surface area (Å²) in [5, 5.41) is 6.89. The minimum atomic E-state index is -0.232. The van der Waals surface area contributed by atoms with Gasteiger partial charge in [0.1, 0.15) is 12.1 Å². The summed E-state index contributed by atoms with van der Waals surface area (Å²) in [5.74, 6) is 0.766. The number of amides is 1. The maximum atomic E-state index is 12.4. The van der Waals surface area contributed by atoms with Gasteiger partial charge in [-0.25, -0.2) is 14.6 Å². The molecule has 4 rings (SSSR count). The molecule has 1 aromatic carbocycles. The fourth-order valence-electron chi connectivity index (χ4n) is 2.43. The minimum absolute atomic E-state index is 0.232. The molecule has 3 heterocycles. The Kier molecular flexibility index (Phi) is 3.80. The quantitative estimate of drug-likeness (QED) is 0.624. The van der Waals surface area contributed by atoms with E-state index in [-0.39, 0.29) is 5.91 Å². The molecule has 122 valence electrons. The van der Waals surface area contributed by atoms with Crippen molar-refractivity contribution in [1.82, 2.24) is 24.3 Å². The zero-order valence-corrected chi connectivity index (χ0v) is 13.1. The van der Waals surface area contributed by atoms with E-state index in [0.717, 1.165) is 5.69 Å². The third-order valence-corrected chi connectivity index (χ3v) is 3.67. The molecule has 0 aliphatic carbocycles. The van der Waals surface area contributed by atoms with Gasteiger partial charge in [-0.05, 0) is 42.5 Å². The van der Waals surface area contributed by atoms with Crippen LogP contribution in [0, 0.1) is 0 Å². The lowest BCUT2D eigenvalue weighted by atomic mass is 10.2. The Labute approximate surface area is 143 Å². The second-order valence-corrected chi connectivity index (χ2v) is 5.30. The Morgan fingerprint density at radius 2 is 1.76 bits per heavy atom. The molecule has 0 aliphatic heterocycles. The predicted octanol–water partition coefficient (Wildman–Crippen LogP) is 2.71. The highest BCUT2D eigenvalue weighted by molar-refractivity contribution is 6.03. The van der Waals surface area contributed by atoms with E-state index in [0.29, 0.717) is 17.2 Å². The van der Waals surface area contributed by atoms with Crippen LogP contribution in [-0.4, -0.2) is 30.2 Å². The van der Waals surface area contributed by atoms with Crippen molar-refractivity contribution in [3.8, 4) is 11.5 Å². The Bertz CT molecular complexity index is 975. The third-order valence-electron chi connectivity index (χ3n) is 3.67. The topological polar surface area (TPSA) is 77.6 Å². The van der Waals surface area contributed by atoms with Crippen molar-refractivity contribution in [3.05, 3.63) is 85.2 Å². The van der Waals surface area contributed by atoms with Crippen LogP contribution in [0.3, 0.4) is 0 Å². The number of hydrogen-bond acceptors (Lipinski definition) is 4. The number of carbonyl (C=O) groups is 1. The van der Waals surface area contributed by atoms with Crippen molar-refractivity contribution >= 4 is 11.7 Å². The molecule has 1 amide bonds. The van der Waals surface area contributed by atoms with E-state index >= 15 is 0 Å². The first-order chi connectivity index (χ1) is 12.3. The lowest BCUT2D eigenvalue weighted by Gasteiger charge is -2.07. The Morgan fingerprint density at radius 1 is 0.960 bits per heavy atom. The molecule has 7 heteroatoms. The fourth-order valence-corrected chi connectivity index (χ4v) is 2.43. The molecule has 0 bridgehead atoms. The van der Waals surface area contributed by atoms with Gasteiger partial charge in [-0.15, -0.1) is 0 Å². The number of nitrogens with zero attached hydrogens (tertiary/aromatic N) is 5. The van der Waals surface area contributed by atoms with Crippen molar-refractivity contribution < 1.29 is 4.79 Å². The summed E-state index contributed by atoms with van der Waals surface area (Å²) >= 11 is 0. The van der Waals surface area contributed by atoms with Crippen molar-refractivity contribution in [2.45, 2.75) is 0 Å². The molecule has 0 radical (unpaired) electrons. The molecule has 1 N–H and O–H groups in total. The smallest absolute Gasteiger partial charge is 0.256 e. The SMILES string of the molecule is O=C(Nc1cc(-n2cccn2)ncn1)c1ccc(-n2cccc2)cc1. The Balaban J connectivity index is 1.51. The average molecular weight is 330 g/mol. The van der Waals surface area contributed by atoms with E-state index in [2.05, 4.69) is 20.4 Å². The fraction of sp³-hybridized carbons (Fsp3) is 0. The van der Waals surface area contributed by atoms with Gasteiger partial charge >= 0.3 is 0 Å². The molecule has 7 nitrogen and oxygen atoms in total. The molecule has 0 atom stereocenters. The van der Waals surface area contributed by atoms with Crippen LogP contribution in [0.25, 0.3) is 11.5 Å². The maximum absolute atomic E-state index is 12.4. The highest BCUT2D eigenvalue weighted by Gasteiger charge is 2.08. The van der Waals surface area contributed by atoms with E-state index in [4.69, 9.17) is 0 Å². The van der Waals surface area contributed by atoms with Gasteiger partial charge in [0, 0.05) is 42.1 Å². The largest absolute Gasteiger partial charge is 0.324 e. The van der Waals surface area contributed by atoms with Crippen molar-refractivity contribution in [2.75, 3.05) is 5.32 Å². The van der Waals surface area contributed by atoms with E-state index in [1.54, 1.807) is 41.3 Å². The van der Waals surface area contributed by atoms with E-state index in [9.17, 15) is 4.79 Å². The van der Waals surface area contributed by atoms with Gasteiger partial charge in [-0.2, -0.15) is 5.10 Å². The monoisotopic (exact) mass is 330 g/mol. The van der Waals surface area contributed by atoms with Gasteiger partial charge in [-0.1, -0.05) is 0 Å². The zero-order valence-electron chi connectivity index (χ0n) is 13.1. The van der Waals surface area contributed by atoms with Crippen LogP contribution in [0.4, 0.5) is 5.82 Å². The van der Waals surface area contributed by atoms with Crippen LogP contribution in [0.2, 0.25) is 0 Å². The Morgan fingerprint density at radius 3 is 2.48 bits per heavy atom. The summed E-state index contributed by atoms with van der Waals surface area (Å²) in [5.41, 5.74) is 1.54. The lowest BCUT2D eigenvalue weighted by Crippen LogP contribution is -2.13. The molecular weight excluding hydrogens is 316 g/mol. The lowest BCUT2D eigenvalue weighted by molar-refractivity contribution is 0.102. The highest BCUT2D eigenvalue weighted by atomic mass is 16.1. The van der Waals surface area contributed by atoms with Crippen molar-refractivity contribution in [1.29, 1.82) is 0 Å². The van der Waals surface area contributed by atoms with Crippen LogP contribution < -0.4 is 5.32 Å². The molecule has 0 fully saturated rings. The van der Waals surface area contributed by atoms with Crippen LogP contribution in [-0.2, 0) is 0 Å². The number of aromatic nitrogens is 5. The molecule has 0 aliphatic rings. The van der Waals surface area contributed by atoms with Crippen molar-refractivity contribution in [2.24, 2.45) is 0 Å². The first kappa shape index (κ1) is 14.8. The number of benzene rings is 1. The zero-order chi connectivity index (χ0) is 17.1. The molecular formula is C18H14N6O. The van der Waals surface area contributed by atoms with Crippen LogP contribution in [0.5, 0.6) is 0 Å². The molecule has 25 heavy (non-hydrogen) atoms. The molecule has 0 saturated heterocycles. The third kappa shape index (κ3) is 3.16. The molecule has 0 unspecified atom stereocenters. The van der Waals surface area contributed by atoms with Gasteiger partial charge in [-0.3, -0.25) is 4.79 Å². The van der Waals surface area contributed by atoms with Crippen LogP contribution in [0.1, 0.15) is 10.4 Å².